The third kappa shape index (κ3) is 4.08. The highest BCUT2D eigenvalue weighted by molar-refractivity contribution is 7.17. The molecule has 1 aromatic carbocycles. The number of rotatable bonds is 3. The summed E-state index contributed by atoms with van der Waals surface area (Å²) in [5.41, 5.74) is 3.63. The second kappa shape index (κ2) is 7.47. The van der Waals surface area contributed by atoms with Gasteiger partial charge in [0.05, 0.1) is 5.56 Å². The second-order valence-corrected chi connectivity index (χ2v) is 9.52. The summed E-state index contributed by atoms with van der Waals surface area (Å²) < 4.78 is 0. The lowest BCUT2D eigenvalue weighted by Crippen LogP contribution is -2.27. The van der Waals surface area contributed by atoms with Crippen molar-refractivity contribution in [3.8, 4) is 0 Å². The molecule has 1 unspecified atom stereocenters. The molecule has 4 nitrogen and oxygen atoms in total. The number of anilines is 1. The second-order valence-electron chi connectivity index (χ2n) is 8.42. The third-order valence-corrected chi connectivity index (χ3v) is 6.62. The number of amides is 2. The molecule has 0 bridgehead atoms. The first kappa shape index (κ1) is 19.6. The minimum atomic E-state index is -0.171. The monoisotopic (exact) mass is 384 g/mol. The molecule has 1 atom stereocenters. The zero-order chi connectivity index (χ0) is 19.8. The van der Waals surface area contributed by atoms with E-state index in [0.717, 1.165) is 30.4 Å². The lowest BCUT2D eigenvalue weighted by Gasteiger charge is -2.33. The van der Waals surface area contributed by atoms with Crippen molar-refractivity contribution in [1.82, 2.24) is 5.32 Å². The van der Waals surface area contributed by atoms with Gasteiger partial charge in [0, 0.05) is 17.5 Å². The lowest BCUT2D eigenvalue weighted by atomic mass is 9.72. The van der Waals surface area contributed by atoms with Crippen molar-refractivity contribution in [2.45, 2.75) is 47.0 Å². The van der Waals surface area contributed by atoms with Crippen LogP contribution in [-0.4, -0.2) is 18.9 Å². The summed E-state index contributed by atoms with van der Waals surface area (Å²) in [5, 5.41) is 6.40. The molecule has 0 aliphatic heterocycles. The van der Waals surface area contributed by atoms with Crippen molar-refractivity contribution < 1.29 is 9.59 Å². The fourth-order valence-corrected chi connectivity index (χ4v) is 5.06. The summed E-state index contributed by atoms with van der Waals surface area (Å²) in [6.45, 7) is 8.78. The number of nitrogens with one attached hydrogen (secondary N) is 2. The molecule has 0 radical (unpaired) electrons. The van der Waals surface area contributed by atoms with Gasteiger partial charge in [-0.2, -0.15) is 0 Å². The summed E-state index contributed by atoms with van der Waals surface area (Å²) in [4.78, 5) is 26.5. The van der Waals surface area contributed by atoms with Gasteiger partial charge in [0.25, 0.3) is 11.8 Å². The maximum Gasteiger partial charge on any atom is 0.256 e. The van der Waals surface area contributed by atoms with Crippen molar-refractivity contribution in [2.75, 3.05) is 12.4 Å². The molecule has 3 rings (SSSR count). The van der Waals surface area contributed by atoms with Gasteiger partial charge in [0.15, 0.2) is 0 Å². The molecule has 2 aromatic rings. The normalized spacial score (nSPS) is 16.6. The maximum atomic E-state index is 12.7. The van der Waals surface area contributed by atoms with Gasteiger partial charge in [0.2, 0.25) is 0 Å². The van der Waals surface area contributed by atoms with E-state index in [2.05, 4.69) is 31.4 Å². The Morgan fingerprint density at radius 2 is 1.93 bits per heavy atom. The van der Waals surface area contributed by atoms with E-state index in [1.54, 1.807) is 24.5 Å². The highest BCUT2D eigenvalue weighted by atomic mass is 32.1. The SMILES string of the molecule is CNC(=O)c1c(NC(=O)c2cccc(C)c2)sc2c1CCC(C(C)(C)C)C2. The summed E-state index contributed by atoms with van der Waals surface area (Å²) >= 11 is 1.56. The molecule has 0 spiro atoms. The molecule has 2 amide bonds. The highest BCUT2D eigenvalue weighted by Crippen LogP contribution is 2.44. The van der Waals surface area contributed by atoms with Crippen molar-refractivity contribution >= 4 is 28.2 Å². The Morgan fingerprint density at radius 3 is 2.56 bits per heavy atom. The van der Waals surface area contributed by atoms with Gasteiger partial charge in [0.1, 0.15) is 5.00 Å². The molecule has 0 fully saturated rings. The maximum absolute atomic E-state index is 12.7. The topological polar surface area (TPSA) is 58.2 Å². The van der Waals surface area contributed by atoms with E-state index in [4.69, 9.17) is 0 Å². The van der Waals surface area contributed by atoms with Gasteiger partial charge in [-0.3, -0.25) is 9.59 Å². The van der Waals surface area contributed by atoms with E-state index < -0.39 is 0 Å². The van der Waals surface area contributed by atoms with E-state index in [0.29, 0.717) is 22.0 Å². The molecule has 2 N–H and O–H groups in total. The molecule has 144 valence electrons. The Hall–Kier alpha value is -2.14. The predicted octanol–water partition coefficient (Wildman–Crippen LogP) is 4.82. The first-order valence-corrected chi connectivity index (χ1v) is 10.3. The summed E-state index contributed by atoms with van der Waals surface area (Å²) in [6, 6.07) is 7.49. The number of carbonyl (C=O) groups excluding carboxylic acids is 2. The van der Waals surface area contributed by atoms with Crippen LogP contribution in [0.2, 0.25) is 0 Å². The van der Waals surface area contributed by atoms with Crippen LogP contribution in [0.15, 0.2) is 24.3 Å². The van der Waals surface area contributed by atoms with Crippen LogP contribution < -0.4 is 10.6 Å². The first-order chi connectivity index (χ1) is 12.7. The first-order valence-electron chi connectivity index (χ1n) is 9.45. The Labute approximate surface area is 165 Å². The molecule has 1 aliphatic carbocycles. The van der Waals surface area contributed by atoms with E-state index in [-0.39, 0.29) is 17.2 Å². The van der Waals surface area contributed by atoms with Crippen LogP contribution >= 0.6 is 11.3 Å². The van der Waals surface area contributed by atoms with E-state index >= 15 is 0 Å². The minimum Gasteiger partial charge on any atom is -0.355 e. The molecule has 0 saturated heterocycles. The zero-order valence-corrected chi connectivity index (χ0v) is 17.5. The largest absolute Gasteiger partial charge is 0.355 e. The number of thiophene rings is 1. The van der Waals surface area contributed by atoms with Gasteiger partial charge in [-0.1, -0.05) is 38.5 Å². The molecule has 0 saturated carbocycles. The number of fused-ring (bicyclic) bond motifs is 1. The van der Waals surface area contributed by atoms with Crippen molar-refractivity contribution in [3.05, 3.63) is 51.4 Å². The van der Waals surface area contributed by atoms with Crippen LogP contribution in [0.3, 0.4) is 0 Å². The number of carbonyl (C=O) groups is 2. The van der Waals surface area contributed by atoms with Crippen LogP contribution in [0.5, 0.6) is 0 Å². The quantitative estimate of drug-likeness (QED) is 0.797. The Kier molecular flexibility index (Phi) is 5.43. The predicted molar refractivity (Wildman–Crippen MR) is 112 cm³/mol. The highest BCUT2D eigenvalue weighted by Gasteiger charge is 2.33. The molecule has 1 aliphatic rings. The Balaban J connectivity index is 1.94. The van der Waals surface area contributed by atoms with Gasteiger partial charge in [-0.25, -0.2) is 0 Å². The van der Waals surface area contributed by atoms with Crippen LogP contribution in [0.25, 0.3) is 0 Å². The summed E-state index contributed by atoms with van der Waals surface area (Å²) in [5.74, 6) is 0.289. The van der Waals surface area contributed by atoms with Crippen molar-refractivity contribution in [2.24, 2.45) is 11.3 Å². The molecular formula is C22H28N2O2S. The fourth-order valence-electron chi connectivity index (χ4n) is 3.74. The van der Waals surface area contributed by atoms with E-state index in [1.165, 1.54) is 4.88 Å². The summed E-state index contributed by atoms with van der Waals surface area (Å²) in [6.07, 6.45) is 2.92. The van der Waals surface area contributed by atoms with Gasteiger partial charge in [-0.15, -0.1) is 11.3 Å². The van der Waals surface area contributed by atoms with E-state index in [9.17, 15) is 9.59 Å². The summed E-state index contributed by atoms with van der Waals surface area (Å²) in [7, 11) is 1.64. The van der Waals surface area contributed by atoms with Crippen LogP contribution in [0.4, 0.5) is 5.00 Å². The Bertz CT molecular complexity index is 877. The van der Waals surface area contributed by atoms with E-state index in [1.807, 2.05) is 25.1 Å². The number of hydrogen-bond donors (Lipinski definition) is 2. The van der Waals surface area contributed by atoms with Gasteiger partial charge in [-0.05, 0) is 55.2 Å². The molecule has 5 heteroatoms. The van der Waals surface area contributed by atoms with Crippen molar-refractivity contribution in [1.29, 1.82) is 0 Å². The zero-order valence-electron chi connectivity index (χ0n) is 16.7. The molecule has 1 aromatic heterocycles. The standard InChI is InChI=1S/C22H28N2O2S/c1-13-7-6-8-14(11-13)19(25)24-21-18(20(26)23-5)16-10-9-15(22(2,3)4)12-17(16)27-21/h6-8,11,15H,9-10,12H2,1-5H3,(H,23,26)(H,24,25). The van der Waals surface area contributed by atoms with Gasteiger partial charge >= 0.3 is 0 Å². The molecule has 27 heavy (non-hydrogen) atoms. The van der Waals surface area contributed by atoms with Gasteiger partial charge < -0.3 is 10.6 Å². The fraction of sp³-hybridized carbons (Fsp3) is 0.455. The van der Waals surface area contributed by atoms with Crippen LogP contribution in [-0.2, 0) is 12.8 Å². The lowest BCUT2D eigenvalue weighted by molar-refractivity contribution is 0.0963. The average Bonchev–Trinajstić information content (AvgIpc) is 2.97. The third-order valence-electron chi connectivity index (χ3n) is 5.45. The van der Waals surface area contributed by atoms with Crippen LogP contribution in [0.1, 0.15) is 63.9 Å². The van der Waals surface area contributed by atoms with Crippen LogP contribution in [0, 0.1) is 18.3 Å². The van der Waals surface area contributed by atoms with Crippen molar-refractivity contribution in [3.63, 3.8) is 0 Å². The number of hydrogen-bond acceptors (Lipinski definition) is 3. The average molecular weight is 385 g/mol. The Morgan fingerprint density at radius 1 is 1.19 bits per heavy atom. The number of benzene rings is 1. The molecule has 1 heterocycles. The number of aryl methyl sites for hydroxylation is 1. The molecular weight excluding hydrogens is 356 g/mol. The smallest absolute Gasteiger partial charge is 0.256 e. The minimum absolute atomic E-state index is 0.124.